The summed E-state index contributed by atoms with van der Waals surface area (Å²) in [6.07, 6.45) is 1.10. The maximum absolute atomic E-state index is 12.4. The zero-order valence-corrected chi connectivity index (χ0v) is 15.5. The molecule has 136 valence electrons. The fourth-order valence-electron chi connectivity index (χ4n) is 2.55. The van der Waals surface area contributed by atoms with Crippen LogP contribution in [-0.2, 0) is 16.0 Å². The first-order valence-electron chi connectivity index (χ1n) is 8.77. The number of aliphatic hydroxyl groups is 1. The highest BCUT2D eigenvalue weighted by Crippen LogP contribution is 2.23. The van der Waals surface area contributed by atoms with Crippen molar-refractivity contribution in [1.29, 1.82) is 0 Å². The molecule has 1 saturated heterocycles. The molecule has 0 aromatic heterocycles. The first-order chi connectivity index (χ1) is 11.5. The van der Waals surface area contributed by atoms with Gasteiger partial charge >= 0.3 is 0 Å². The molecule has 1 aromatic carbocycles. The van der Waals surface area contributed by atoms with E-state index in [1.54, 1.807) is 12.0 Å². The average Bonchev–Trinajstić information content (AvgIpc) is 2.98. The number of methoxy groups -OCH3 is 1. The summed E-state index contributed by atoms with van der Waals surface area (Å²) in [6, 6.07) is 7.32. The van der Waals surface area contributed by atoms with Crippen molar-refractivity contribution < 1.29 is 19.4 Å². The van der Waals surface area contributed by atoms with E-state index in [1.165, 1.54) is 0 Å². The van der Waals surface area contributed by atoms with Crippen molar-refractivity contribution in [3.8, 4) is 5.75 Å². The van der Waals surface area contributed by atoms with E-state index >= 15 is 0 Å². The third-order valence-electron chi connectivity index (χ3n) is 4.26. The van der Waals surface area contributed by atoms with E-state index in [0.717, 1.165) is 17.7 Å². The molecule has 24 heavy (non-hydrogen) atoms. The van der Waals surface area contributed by atoms with E-state index < -0.39 is 6.29 Å². The predicted octanol–water partition coefficient (Wildman–Crippen LogP) is 3.20. The van der Waals surface area contributed by atoms with Gasteiger partial charge in [0, 0.05) is 6.42 Å². The minimum Gasteiger partial charge on any atom is -0.497 e. The Bertz CT molecular complexity index is 489. The summed E-state index contributed by atoms with van der Waals surface area (Å²) in [6.45, 7) is 8.29. The van der Waals surface area contributed by atoms with Gasteiger partial charge in [0.1, 0.15) is 12.5 Å². The van der Waals surface area contributed by atoms with Crippen LogP contribution in [0.1, 0.15) is 46.1 Å². The summed E-state index contributed by atoms with van der Waals surface area (Å²) in [7, 11) is 1.62. The van der Waals surface area contributed by atoms with Gasteiger partial charge in [0.15, 0.2) is 6.29 Å². The molecule has 1 aliphatic heterocycles. The number of hydrogen-bond donors (Lipinski definition) is 1. The van der Waals surface area contributed by atoms with Crippen LogP contribution >= 0.6 is 0 Å². The molecule has 0 spiro atoms. The number of aliphatic hydroxyl groups excluding tert-OH is 1. The van der Waals surface area contributed by atoms with Crippen molar-refractivity contribution in [2.24, 2.45) is 5.92 Å². The highest BCUT2D eigenvalue weighted by Gasteiger charge is 2.37. The molecule has 5 heteroatoms. The van der Waals surface area contributed by atoms with E-state index in [-0.39, 0.29) is 18.7 Å². The van der Waals surface area contributed by atoms with Crippen molar-refractivity contribution in [2.45, 2.75) is 59.3 Å². The van der Waals surface area contributed by atoms with Crippen LogP contribution < -0.4 is 4.74 Å². The number of carbonyl (C=O) groups excluding carboxylic acids is 1. The number of hydrogen-bond acceptors (Lipinski definition) is 4. The molecule has 0 radical (unpaired) electrons. The lowest BCUT2D eigenvalue weighted by molar-refractivity contribution is -0.134. The van der Waals surface area contributed by atoms with Crippen LogP contribution in [0.2, 0.25) is 0 Å². The van der Waals surface area contributed by atoms with Crippen LogP contribution in [0.4, 0.5) is 0 Å². The molecule has 0 aliphatic carbocycles. The van der Waals surface area contributed by atoms with Crippen LogP contribution in [0.5, 0.6) is 5.75 Å². The van der Waals surface area contributed by atoms with E-state index in [4.69, 9.17) is 9.47 Å². The number of amides is 1. The third-order valence-corrected chi connectivity index (χ3v) is 4.26. The summed E-state index contributed by atoms with van der Waals surface area (Å²) >= 11 is 0. The minimum atomic E-state index is -0.928. The van der Waals surface area contributed by atoms with E-state index in [1.807, 2.05) is 38.1 Å². The second kappa shape index (κ2) is 10.3. The van der Waals surface area contributed by atoms with Crippen molar-refractivity contribution in [2.75, 3.05) is 13.8 Å². The monoisotopic (exact) mass is 337 g/mol. The van der Waals surface area contributed by atoms with Gasteiger partial charge in [-0.25, -0.2) is 0 Å². The second-order valence-electron chi connectivity index (χ2n) is 5.89. The van der Waals surface area contributed by atoms with Crippen molar-refractivity contribution in [1.82, 2.24) is 4.90 Å². The maximum Gasteiger partial charge on any atom is 0.225 e. The van der Waals surface area contributed by atoms with Gasteiger partial charge in [-0.1, -0.05) is 46.2 Å². The van der Waals surface area contributed by atoms with Gasteiger partial charge in [0.05, 0.1) is 13.2 Å². The normalized spacial score (nSPS) is 21.0. The SMILES string of the molecule is CC.CCC(C)CC(=O)N1CO[C@@H](O)[C@@H]1Cc1ccc(OC)cc1. The Morgan fingerprint density at radius 2 is 2.00 bits per heavy atom. The number of ether oxygens (including phenoxy) is 2. The first-order valence-corrected chi connectivity index (χ1v) is 8.77. The summed E-state index contributed by atoms with van der Waals surface area (Å²) in [5, 5.41) is 10.0. The van der Waals surface area contributed by atoms with E-state index in [9.17, 15) is 9.90 Å². The fraction of sp³-hybridized carbons (Fsp3) is 0.632. The van der Waals surface area contributed by atoms with Gasteiger partial charge in [-0.2, -0.15) is 0 Å². The Hall–Kier alpha value is -1.59. The summed E-state index contributed by atoms with van der Waals surface area (Å²) in [4.78, 5) is 14.0. The van der Waals surface area contributed by atoms with Gasteiger partial charge in [-0.3, -0.25) is 4.79 Å². The molecule has 0 saturated carbocycles. The molecular formula is C19H31NO4. The molecule has 1 fully saturated rings. The van der Waals surface area contributed by atoms with Gasteiger partial charge in [0.2, 0.25) is 5.91 Å². The molecule has 0 bridgehead atoms. The summed E-state index contributed by atoms with van der Waals surface area (Å²) < 4.78 is 10.4. The molecular weight excluding hydrogens is 306 g/mol. The molecule has 1 N–H and O–H groups in total. The third kappa shape index (κ3) is 5.49. The number of carbonyl (C=O) groups is 1. The molecule has 1 amide bonds. The van der Waals surface area contributed by atoms with Gasteiger partial charge in [-0.05, 0) is 30.0 Å². The average molecular weight is 337 g/mol. The van der Waals surface area contributed by atoms with Crippen LogP contribution in [0.3, 0.4) is 0 Å². The van der Waals surface area contributed by atoms with Crippen molar-refractivity contribution >= 4 is 5.91 Å². The highest BCUT2D eigenvalue weighted by atomic mass is 16.6. The zero-order valence-electron chi connectivity index (χ0n) is 15.5. The summed E-state index contributed by atoms with van der Waals surface area (Å²) in [5.74, 6) is 1.17. The molecule has 1 aliphatic rings. The van der Waals surface area contributed by atoms with E-state index in [0.29, 0.717) is 18.8 Å². The largest absolute Gasteiger partial charge is 0.497 e. The van der Waals surface area contributed by atoms with E-state index in [2.05, 4.69) is 13.8 Å². The lowest BCUT2D eigenvalue weighted by Crippen LogP contribution is -2.41. The standard InChI is InChI=1S/C17H25NO4.C2H6/c1-4-12(2)9-16(19)18-11-22-17(20)15(18)10-13-5-7-14(21-3)8-6-13;1-2/h5-8,12,15,17,20H,4,9-11H2,1-3H3;1-2H3/t12?,15-,17+;/m0./s1. The molecule has 3 atom stereocenters. The molecule has 2 rings (SSSR count). The zero-order chi connectivity index (χ0) is 18.1. The van der Waals surface area contributed by atoms with Crippen molar-refractivity contribution in [3.05, 3.63) is 29.8 Å². The summed E-state index contributed by atoms with van der Waals surface area (Å²) in [5.41, 5.74) is 1.04. The molecule has 1 heterocycles. The molecule has 1 unspecified atom stereocenters. The predicted molar refractivity (Wildman–Crippen MR) is 94.7 cm³/mol. The quantitative estimate of drug-likeness (QED) is 0.866. The Morgan fingerprint density at radius 1 is 1.38 bits per heavy atom. The first kappa shape index (κ1) is 20.5. The van der Waals surface area contributed by atoms with Gasteiger partial charge < -0.3 is 19.5 Å². The topological polar surface area (TPSA) is 59.0 Å². The lowest BCUT2D eigenvalue weighted by atomic mass is 10.0. The van der Waals surface area contributed by atoms with Crippen molar-refractivity contribution in [3.63, 3.8) is 0 Å². The number of rotatable bonds is 6. The minimum absolute atomic E-state index is 0.0458. The fourth-order valence-corrected chi connectivity index (χ4v) is 2.55. The van der Waals surface area contributed by atoms with Crippen LogP contribution in [0.25, 0.3) is 0 Å². The second-order valence-corrected chi connectivity index (χ2v) is 5.89. The smallest absolute Gasteiger partial charge is 0.225 e. The molecule has 5 nitrogen and oxygen atoms in total. The number of nitrogens with zero attached hydrogens (tertiary/aromatic N) is 1. The van der Waals surface area contributed by atoms with Crippen LogP contribution in [-0.4, -0.2) is 42.1 Å². The molecule has 1 aromatic rings. The Balaban J connectivity index is 0.00000139. The highest BCUT2D eigenvalue weighted by molar-refractivity contribution is 5.77. The Morgan fingerprint density at radius 3 is 2.54 bits per heavy atom. The number of benzene rings is 1. The maximum atomic E-state index is 12.4. The van der Waals surface area contributed by atoms with Crippen LogP contribution in [0, 0.1) is 5.92 Å². The van der Waals surface area contributed by atoms with Crippen LogP contribution in [0.15, 0.2) is 24.3 Å². The Kier molecular flexibility index (Phi) is 8.79. The van der Waals surface area contributed by atoms with Gasteiger partial charge in [-0.15, -0.1) is 0 Å². The Labute approximate surface area is 145 Å². The van der Waals surface area contributed by atoms with Gasteiger partial charge in [0.25, 0.3) is 0 Å². The lowest BCUT2D eigenvalue weighted by Gasteiger charge is -2.25.